The smallest absolute Gasteiger partial charge is 0.229 e. The van der Waals surface area contributed by atoms with Crippen molar-refractivity contribution in [2.24, 2.45) is 0 Å². The molecule has 1 spiro atoms. The summed E-state index contributed by atoms with van der Waals surface area (Å²) in [5.74, 6) is 0.558. The molecule has 2 aliphatic heterocycles. The van der Waals surface area contributed by atoms with Crippen LogP contribution in [0.5, 0.6) is 5.75 Å². The van der Waals surface area contributed by atoms with Crippen molar-refractivity contribution in [3.05, 3.63) is 23.8 Å². The first-order valence-electron chi connectivity index (χ1n) is 6.92. The molecule has 6 nitrogen and oxygen atoms in total. The van der Waals surface area contributed by atoms with E-state index >= 15 is 0 Å². The highest BCUT2D eigenvalue weighted by atomic mass is 32.2. The van der Waals surface area contributed by atoms with Crippen LogP contribution in [0, 0.1) is 0 Å². The fourth-order valence-electron chi connectivity index (χ4n) is 2.93. The van der Waals surface area contributed by atoms with Crippen molar-refractivity contribution in [2.75, 3.05) is 24.1 Å². The SMILES string of the molecule is CS(=O)(=O)Nc1ccc2c(c1)C(=O)CC1(CCNCC1)O2. The Kier molecular flexibility index (Phi) is 3.41. The van der Waals surface area contributed by atoms with E-state index in [0.717, 1.165) is 32.2 Å². The van der Waals surface area contributed by atoms with Gasteiger partial charge in [0.25, 0.3) is 0 Å². The van der Waals surface area contributed by atoms with Gasteiger partial charge in [0.05, 0.1) is 18.2 Å². The molecule has 21 heavy (non-hydrogen) atoms. The van der Waals surface area contributed by atoms with E-state index in [2.05, 4.69) is 10.0 Å². The van der Waals surface area contributed by atoms with Crippen molar-refractivity contribution < 1.29 is 17.9 Å². The Balaban J connectivity index is 1.91. The minimum atomic E-state index is -3.36. The van der Waals surface area contributed by atoms with Gasteiger partial charge in [-0.05, 0) is 31.3 Å². The number of benzene rings is 1. The van der Waals surface area contributed by atoms with Gasteiger partial charge in [0.15, 0.2) is 5.78 Å². The Bertz CT molecular complexity index is 678. The minimum Gasteiger partial charge on any atom is -0.486 e. The van der Waals surface area contributed by atoms with E-state index in [4.69, 9.17) is 4.74 Å². The van der Waals surface area contributed by atoms with Gasteiger partial charge in [-0.25, -0.2) is 8.42 Å². The molecule has 0 amide bonds. The van der Waals surface area contributed by atoms with E-state index in [0.29, 0.717) is 23.4 Å². The third-order valence-corrected chi connectivity index (χ3v) is 4.51. The van der Waals surface area contributed by atoms with Gasteiger partial charge < -0.3 is 10.1 Å². The summed E-state index contributed by atoms with van der Waals surface area (Å²) in [6.45, 7) is 1.69. The topological polar surface area (TPSA) is 84.5 Å². The number of hydrogen-bond donors (Lipinski definition) is 2. The number of ketones is 1. The van der Waals surface area contributed by atoms with E-state index in [1.54, 1.807) is 18.2 Å². The summed E-state index contributed by atoms with van der Waals surface area (Å²) in [4.78, 5) is 12.4. The lowest BCUT2D eigenvalue weighted by molar-refractivity contribution is 0.0188. The van der Waals surface area contributed by atoms with Crippen LogP contribution in [0.2, 0.25) is 0 Å². The lowest BCUT2D eigenvalue weighted by Crippen LogP contribution is -2.49. The van der Waals surface area contributed by atoms with E-state index in [1.165, 1.54) is 0 Å². The van der Waals surface area contributed by atoms with Crippen LogP contribution < -0.4 is 14.8 Å². The average Bonchev–Trinajstić information content (AvgIpc) is 2.39. The Morgan fingerprint density at radius 2 is 2.00 bits per heavy atom. The predicted octanol–water partition coefficient (Wildman–Crippen LogP) is 1.15. The fraction of sp³-hybridized carbons (Fsp3) is 0.500. The largest absolute Gasteiger partial charge is 0.486 e. The summed E-state index contributed by atoms with van der Waals surface area (Å²) in [7, 11) is -3.36. The number of fused-ring (bicyclic) bond motifs is 1. The molecule has 0 aliphatic carbocycles. The quantitative estimate of drug-likeness (QED) is 0.856. The van der Waals surface area contributed by atoms with Gasteiger partial charge >= 0.3 is 0 Å². The van der Waals surface area contributed by atoms with Crippen molar-refractivity contribution in [3.8, 4) is 5.75 Å². The van der Waals surface area contributed by atoms with Crippen molar-refractivity contribution in [3.63, 3.8) is 0 Å². The van der Waals surface area contributed by atoms with Gasteiger partial charge in [0.1, 0.15) is 11.4 Å². The first-order chi connectivity index (χ1) is 9.87. The number of anilines is 1. The first kappa shape index (κ1) is 14.3. The van der Waals surface area contributed by atoms with Crippen LogP contribution in [0.25, 0.3) is 0 Å². The van der Waals surface area contributed by atoms with Crippen LogP contribution in [0.3, 0.4) is 0 Å². The molecule has 0 saturated carbocycles. The lowest BCUT2D eigenvalue weighted by atomic mass is 9.83. The van der Waals surface area contributed by atoms with E-state index in [1.807, 2.05) is 0 Å². The van der Waals surface area contributed by atoms with Crippen LogP contribution in [0.4, 0.5) is 5.69 Å². The zero-order valence-corrected chi connectivity index (χ0v) is 12.6. The van der Waals surface area contributed by atoms with Crippen LogP contribution in [-0.4, -0.2) is 39.1 Å². The maximum atomic E-state index is 12.4. The summed E-state index contributed by atoms with van der Waals surface area (Å²) in [6.07, 6.45) is 3.04. The molecule has 1 aromatic carbocycles. The van der Waals surface area contributed by atoms with Gasteiger partial charge in [-0.1, -0.05) is 0 Å². The number of Topliss-reactive ketones (excluding diaryl/α,β-unsaturated/α-hetero) is 1. The molecule has 0 unspecified atom stereocenters. The van der Waals surface area contributed by atoms with Crippen LogP contribution >= 0.6 is 0 Å². The number of rotatable bonds is 2. The van der Waals surface area contributed by atoms with Gasteiger partial charge in [0, 0.05) is 18.5 Å². The number of nitrogens with one attached hydrogen (secondary N) is 2. The number of sulfonamides is 1. The molecule has 7 heteroatoms. The molecule has 2 heterocycles. The second kappa shape index (κ2) is 4.99. The Morgan fingerprint density at radius 3 is 2.67 bits per heavy atom. The molecule has 0 radical (unpaired) electrons. The second-order valence-electron chi connectivity index (χ2n) is 5.72. The zero-order chi connectivity index (χ0) is 15.1. The Hall–Kier alpha value is -1.60. The molecule has 0 aromatic heterocycles. The third kappa shape index (κ3) is 3.03. The van der Waals surface area contributed by atoms with E-state index < -0.39 is 15.6 Å². The van der Waals surface area contributed by atoms with E-state index in [-0.39, 0.29) is 5.78 Å². The predicted molar refractivity (Wildman–Crippen MR) is 79.3 cm³/mol. The van der Waals surface area contributed by atoms with Crippen molar-refractivity contribution >= 4 is 21.5 Å². The first-order valence-corrected chi connectivity index (χ1v) is 8.81. The Labute approximate surface area is 123 Å². The van der Waals surface area contributed by atoms with Crippen molar-refractivity contribution in [1.82, 2.24) is 5.32 Å². The summed E-state index contributed by atoms with van der Waals surface area (Å²) in [5, 5.41) is 3.26. The molecule has 1 aromatic rings. The number of piperidine rings is 1. The summed E-state index contributed by atoms with van der Waals surface area (Å²) in [6, 6.07) is 4.84. The molecule has 1 saturated heterocycles. The molecule has 0 atom stereocenters. The van der Waals surface area contributed by atoms with Crippen molar-refractivity contribution in [2.45, 2.75) is 24.9 Å². The molecule has 1 fully saturated rings. The molecule has 2 N–H and O–H groups in total. The molecule has 3 rings (SSSR count). The van der Waals surface area contributed by atoms with Gasteiger partial charge in [-0.15, -0.1) is 0 Å². The molecular weight excluding hydrogens is 292 g/mol. The minimum absolute atomic E-state index is 0.00954. The molecule has 2 aliphatic rings. The Morgan fingerprint density at radius 1 is 1.29 bits per heavy atom. The number of carbonyl (C=O) groups excluding carboxylic acids is 1. The van der Waals surface area contributed by atoms with Crippen molar-refractivity contribution in [1.29, 1.82) is 0 Å². The summed E-state index contributed by atoms with van der Waals surface area (Å²) in [5.41, 5.74) is 0.434. The second-order valence-corrected chi connectivity index (χ2v) is 7.47. The lowest BCUT2D eigenvalue weighted by Gasteiger charge is -2.40. The molecule has 0 bridgehead atoms. The number of carbonyl (C=O) groups is 1. The highest BCUT2D eigenvalue weighted by Gasteiger charge is 2.41. The average molecular weight is 310 g/mol. The molecule has 114 valence electrons. The zero-order valence-electron chi connectivity index (χ0n) is 11.8. The third-order valence-electron chi connectivity index (χ3n) is 3.91. The molecular formula is C14H18N2O4S. The monoisotopic (exact) mass is 310 g/mol. The van der Waals surface area contributed by atoms with Gasteiger partial charge in [0.2, 0.25) is 10.0 Å². The van der Waals surface area contributed by atoms with Crippen LogP contribution in [0.15, 0.2) is 18.2 Å². The van der Waals surface area contributed by atoms with Gasteiger partial charge in [-0.3, -0.25) is 9.52 Å². The van der Waals surface area contributed by atoms with E-state index in [9.17, 15) is 13.2 Å². The normalized spacial score (nSPS) is 20.7. The van der Waals surface area contributed by atoms with Gasteiger partial charge in [-0.2, -0.15) is 0 Å². The highest BCUT2D eigenvalue weighted by molar-refractivity contribution is 7.92. The maximum absolute atomic E-state index is 12.4. The highest BCUT2D eigenvalue weighted by Crippen LogP contribution is 2.39. The number of hydrogen-bond acceptors (Lipinski definition) is 5. The van der Waals surface area contributed by atoms with Crippen LogP contribution in [0.1, 0.15) is 29.6 Å². The maximum Gasteiger partial charge on any atom is 0.229 e. The fourth-order valence-corrected chi connectivity index (χ4v) is 3.49. The summed E-state index contributed by atoms with van der Waals surface area (Å²) < 4.78 is 31.0. The van der Waals surface area contributed by atoms with Crippen LogP contribution in [-0.2, 0) is 10.0 Å². The standard InChI is InChI=1S/C14H18N2O4S/c1-21(18,19)16-10-2-3-13-11(8-10)12(17)9-14(20-13)4-6-15-7-5-14/h2-3,8,15-16H,4-7,9H2,1H3. The number of ether oxygens (including phenoxy) is 1. The summed E-state index contributed by atoms with van der Waals surface area (Å²) >= 11 is 0.